The van der Waals surface area contributed by atoms with E-state index in [-0.39, 0.29) is 17.8 Å². The van der Waals surface area contributed by atoms with E-state index in [2.05, 4.69) is 9.22 Å². The van der Waals surface area contributed by atoms with E-state index in [1.165, 1.54) is 12.1 Å². The standard InChI is InChI=1S/C13H6F5NO3S/c14-7-8(15)10(17)12(11(18)9(7)16)23-22-21-13(19)20-6-4-2-1-3-5-6/h1-5,19H. The second kappa shape index (κ2) is 7.29. The van der Waals surface area contributed by atoms with Crippen molar-refractivity contribution in [2.24, 2.45) is 0 Å². The largest absolute Gasteiger partial charge is 0.420 e. The van der Waals surface area contributed by atoms with E-state index in [1.54, 1.807) is 18.2 Å². The minimum atomic E-state index is -2.29. The van der Waals surface area contributed by atoms with Gasteiger partial charge in [-0.05, 0) is 12.1 Å². The van der Waals surface area contributed by atoms with Crippen LogP contribution in [0, 0.1) is 34.5 Å². The Morgan fingerprint density at radius 3 is 1.91 bits per heavy atom. The smallest absolute Gasteiger partial charge is 0.410 e. The van der Waals surface area contributed by atoms with Crippen LogP contribution in [0.3, 0.4) is 0 Å². The first-order valence-corrected chi connectivity index (χ1v) is 6.50. The van der Waals surface area contributed by atoms with E-state index in [1.807, 2.05) is 0 Å². The second-order valence-electron chi connectivity index (χ2n) is 3.84. The quantitative estimate of drug-likeness (QED) is 0.130. The van der Waals surface area contributed by atoms with Crippen LogP contribution in [-0.2, 0) is 9.22 Å². The zero-order valence-corrected chi connectivity index (χ0v) is 11.7. The van der Waals surface area contributed by atoms with Gasteiger partial charge in [-0.2, -0.15) is 0 Å². The maximum absolute atomic E-state index is 13.3. The number of halogens is 5. The normalized spacial score (nSPS) is 10.5. The third kappa shape index (κ3) is 3.90. The number of rotatable bonds is 4. The summed E-state index contributed by atoms with van der Waals surface area (Å²) in [6.45, 7) is 0. The molecule has 0 radical (unpaired) electrons. The van der Waals surface area contributed by atoms with Crippen molar-refractivity contribution in [2.75, 3.05) is 0 Å². The maximum Gasteiger partial charge on any atom is 0.420 e. The lowest BCUT2D eigenvalue weighted by atomic mass is 10.3. The molecule has 2 aromatic rings. The lowest BCUT2D eigenvalue weighted by Crippen LogP contribution is -2.10. The lowest BCUT2D eigenvalue weighted by molar-refractivity contribution is -0.115. The summed E-state index contributed by atoms with van der Waals surface area (Å²) in [5, 5.41) is 7.24. The van der Waals surface area contributed by atoms with Gasteiger partial charge in [0.05, 0.1) is 12.0 Å². The van der Waals surface area contributed by atoms with Crippen LogP contribution in [0.5, 0.6) is 5.75 Å². The van der Waals surface area contributed by atoms with Crippen LogP contribution in [0.4, 0.5) is 22.0 Å². The molecule has 0 heterocycles. The van der Waals surface area contributed by atoms with Gasteiger partial charge in [-0.15, -0.1) is 4.33 Å². The molecule has 0 aliphatic carbocycles. The Morgan fingerprint density at radius 1 is 0.826 bits per heavy atom. The van der Waals surface area contributed by atoms with Gasteiger partial charge in [0.2, 0.25) is 5.82 Å². The molecule has 10 heteroatoms. The highest BCUT2D eigenvalue weighted by molar-refractivity contribution is 7.94. The second-order valence-corrected chi connectivity index (χ2v) is 4.55. The average Bonchev–Trinajstić information content (AvgIpc) is 2.55. The number of ether oxygens (including phenoxy) is 1. The molecular weight excluding hydrogens is 345 g/mol. The first kappa shape index (κ1) is 17.0. The summed E-state index contributed by atoms with van der Waals surface area (Å²) in [5.41, 5.74) is 0. The summed E-state index contributed by atoms with van der Waals surface area (Å²) in [5.74, 6) is -10.5. The molecule has 0 atom stereocenters. The topological polar surface area (TPSA) is 51.5 Å². The molecule has 2 rings (SSSR count). The Labute approximate surface area is 130 Å². The van der Waals surface area contributed by atoms with Crippen molar-refractivity contribution in [3.8, 4) is 5.75 Å². The van der Waals surface area contributed by atoms with Gasteiger partial charge in [-0.25, -0.2) is 27.4 Å². The van der Waals surface area contributed by atoms with Gasteiger partial charge in [-0.3, -0.25) is 4.89 Å². The molecule has 2 aromatic carbocycles. The highest BCUT2D eigenvalue weighted by atomic mass is 32.2. The molecule has 0 aliphatic rings. The molecule has 23 heavy (non-hydrogen) atoms. The Hall–Kier alpha value is -2.33. The molecule has 0 saturated heterocycles. The van der Waals surface area contributed by atoms with Crippen molar-refractivity contribution in [3.63, 3.8) is 0 Å². The van der Waals surface area contributed by atoms with Gasteiger partial charge in [0.15, 0.2) is 23.3 Å². The van der Waals surface area contributed by atoms with Crippen LogP contribution in [-0.4, -0.2) is 6.08 Å². The molecule has 0 amide bonds. The fourth-order valence-electron chi connectivity index (χ4n) is 1.35. The number of hydrogen-bond donors (Lipinski definition) is 1. The Balaban J connectivity index is 1.98. The summed E-state index contributed by atoms with van der Waals surface area (Å²) in [6.07, 6.45) is -0.910. The van der Waals surface area contributed by atoms with Gasteiger partial charge in [0.25, 0.3) is 0 Å². The Morgan fingerprint density at radius 2 is 1.35 bits per heavy atom. The lowest BCUT2D eigenvalue weighted by Gasteiger charge is -2.08. The van der Waals surface area contributed by atoms with Gasteiger partial charge >= 0.3 is 6.08 Å². The average molecular weight is 351 g/mol. The zero-order chi connectivity index (χ0) is 17.0. The van der Waals surface area contributed by atoms with Crippen molar-refractivity contribution in [3.05, 3.63) is 59.4 Å². The predicted octanol–water partition coefficient (Wildman–Crippen LogP) is 4.35. The first-order chi connectivity index (χ1) is 10.9. The summed E-state index contributed by atoms with van der Waals surface area (Å²) >= 11 is -0.290. The molecule has 0 fully saturated rings. The van der Waals surface area contributed by atoms with E-state index in [0.29, 0.717) is 0 Å². The van der Waals surface area contributed by atoms with Crippen LogP contribution in [0.2, 0.25) is 0 Å². The molecule has 0 saturated carbocycles. The van der Waals surface area contributed by atoms with E-state index in [0.717, 1.165) is 0 Å². The van der Waals surface area contributed by atoms with Crippen molar-refractivity contribution in [2.45, 2.75) is 4.90 Å². The first-order valence-electron chi connectivity index (χ1n) is 5.76. The predicted molar refractivity (Wildman–Crippen MR) is 69.1 cm³/mol. The fourth-order valence-corrected chi connectivity index (χ4v) is 1.84. The van der Waals surface area contributed by atoms with Crippen LogP contribution in [0.1, 0.15) is 0 Å². The van der Waals surface area contributed by atoms with Gasteiger partial charge < -0.3 is 4.74 Å². The minimum absolute atomic E-state index is 0.210. The number of para-hydroxylation sites is 1. The Bertz CT molecular complexity index is 700. The Kier molecular flexibility index (Phi) is 5.40. The van der Waals surface area contributed by atoms with E-state index in [9.17, 15) is 22.0 Å². The maximum atomic E-state index is 13.3. The van der Waals surface area contributed by atoms with Crippen molar-refractivity contribution < 1.29 is 35.9 Å². The summed E-state index contributed by atoms with van der Waals surface area (Å²) in [7, 11) is 0. The third-order valence-corrected chi connectivity index (χ3v) is 3.01. The molecular formula is C13H6F5NO3S. The van der Waals surface area contributed by atoms with Gasteiger partial charge in [0, 0.05) is 0 Å². The highest BCUT2D eigenvalue weighted by Gasteiger charge is 2.27. The number of benzene rings is 2. The molecule has 122 valence electrons. The fraction of sp³-hybridized carbons (Fsp3) is 0. The van der Waals surface area contributed by atoms with Crippen molar-refractivity contribution in [1.29, 1.82) is 5.41 Å². The molecule has 0 spiro atoms. The number of hydrogen-bond acceptors (Lipinski definition) is 5. The monoisotopic (exact) mass is 351 g/mol. The summed E-state index contributed by atoms with van der Waals surface area (Å²) in [6, 6.07) is 7.86. The molecule has 0 aromatic heterocycles. The molecule has 0 aliphatic heterocycles. The summed E-state index contributed by atoms with van der Waals surface area (Å²) < 4.78 is 74.3. The third-order valence-electron chi connectivity index (χ3n) is 2.35. The van der Waals surface area contributed by atoms with Crippen LogP contribution < -0.4 is 4.74 Å². The highest BCUT2D eigenvalue weighted by Crippen LogP contribution is 2.31. The van der Waals surface area contributed by atoms with Crippen LogP contribution >= 0.6 is 12.0 Å². The van der Waals surface area contributed by atoms with E-state index >= 15 is 0 Å². The van der Waals surface area contributed by atoms with Crippen molar-refractivity contribution >= 4 is 18.1 Å². The summed E-state index contributed by atoms with van der Waals surface area (Å²) in [4.78, 5) is 2.91. The number of nitrogens with one attached hydrogen (secondary N) is 1. The molecule has 0 unspecified atom stereocenters. The minimum Gasteiger partial charge on any atom is -0.410 e. The van der Waals surface area contributed by atoms with E-state index < -0.39 is 40.1 Å². The van der Waals surface area contributed by atoms with Crippen molar-refractivity contribution in [1.82, 2.24) is 0 Å². The van der Waals surface area contributed by atoms with Gasteiger partial charge in [-0.1, -0.05) is 18.2 Å². The van der Waals surface area contributed by atoms with Crippen LogP contribution in [0.25, 0.3) is 0 Å². The zero-order valence-electron chi connectivity index (χ0n) is 10.9. The van der Waals surface area contributed by atoms with Crippen LogP contribution in [0.15, 0.2) is 35.2 Å². The van der Waals surface area contributed by atoms with E-state index in [4.69, 9.17) is 10.1 Å². The SMILES string of the molecule is N=C(OOSc1c(F)c(F)c(F)c(F)c1F)Oc1ccccc1. The molecule has 1 N–H and O–H groups in total. The van der Waals surface area contributed by atoms with Gasteiger partial charge in [0.1, 0.15) is 10.6 Å². The molecule has 4 nitrogen and oxygen atoms in total. The molecule has 0 bridgehead atoms.